The van der Waals surface area contributed by atoms with Gasteiger partial charge in [-0.2, -0.15) is 0 Å². The van der Waals surface area contributed by atoms with Crippen LogP contribution in [0.4, 0.5) is 11.5 Å². The number of amides is 2. The van der Waals surface area contributed by atoms with Crippen LogP contribution in [-0.2, 0) is 10.2 Å². The fraction of sp³-hybridized carbons (Fsp3) is 0.429. The highest BCUT2D eigenvalue weighted by molar-refractivity contribution is 5.93. The van der Waals surface area contributed by atoms with E-state index in [9.17, 15) is 9.59 Å². The smallest absolute Gasteiger partial charge is 0.272 e. The van der Waals surface area contributed by atoms with E-state index < -0.39 is 0 Å². The third kappa shape index (κ3) is 4.65. The van der Waals surface area contributed by atoms with Gasteiger partial charge in [-0.15, -0.1) is 0 Å². The van der Waals surface area contributed by atoms with Crippen LogP contribution < -0.4 is 5.32 Å². The summed E-state index contributed by atoms with van der Waals surface area (Å²) in [6.07, 6.45) is 1.39. The van der Waals surface area contributed by atoms with E-state index in [2.05, 4.69) is 48.2 Å². The average molecular weight is 381 g/mol. The molecule has 0 unspecified atom stereocenters. The van der Waals surface area contributed by atoms with Gasteiger partial charge in [-0.25, -0.2) is 9.97 Å². The Morgan fingerprint density at radius 1 is 0.964 bits per heavy atom. The summed E-state index contributed by atoms with van der Waals surface area (Å²) in [5, 5.41) is 3.23. The average Bonchev–Trinajstić information content (AvgIpc) is 2.67. The van der Waals surface area contributed by atoms with Gasteiger partial charge < -0.3 is 15.1 Å². The van der Waals surface area contributed by atoms with Gasteiger partial charge in [0.25, 0.3) is 5.91 Å². The predicted molar refractivity (Wildman–Crippen MR) is 109 cm³/mol. The number of aromatic nitrogens is 2. The molecule has 0 aliphatic carbocycles. The van der Waals surface area contributed by atoms with Crippen LogP contribution in [0.5, 0.6) is 0 Å². The third-order valence-electron chi connectivity index (χ3n) is 4.92. The third-order valence-corrected chi connectivity index (χ3v) is 4.92. The van der Waals surface area contributed by atoms with E-state index in [1.165, 1.54) is 11.9 Å². The zero-order valence-electron chi connectivity index (χ0n) is 16.9. The maximum absolute atomic E-state index is 12.7. The first-order valence-electron chi connectivity index (χ1n) is 9.48. The Bertz CT molecular complexity index is 850. The van der Waals surface area contributed by atoms with Crippen LogP contribution in [0, 0.1) is 0 Å². The van der Waals surface area contributed by atoms with Crippen LogP contribution >= 0.6 is 0 Å². The number of nitrogens with zero attached hydrogens (tertiary/aromatic N) is 4. The molecule has 2 amide bonds. The second-order valence-electron chi connectivity index (χ2n) is 8.04. The second-order valence-corrected chi connectivity index (χ2v) is 8.04. The molecule has 1 aromatic carbocycles. The van der Waals surface area contributed by atoms with Gasteiger partial charge in [-0.05, 0) is 23.1 Å². The van der Waals surface area contributed by atoms with Crippen molar-refractivity contribution in [2.75, 3.05) is 31.5 Å². The summed E-state index contributed by atoms with van der Waals surface area (Å²) < 4.78 is 0. The topological polar surface area (TPSA) is 78.4 Å². The normalized spacial score (nSPS) is 14.7. The monoisotopic (exact) mass is 381 g/mol. The van der Waals surface area contributed by atoms with E-state index >= 15 is 0 Å². The Kier molecular flexibility index (Phi) is 5.63. The zero-order chi connectivity index (χ0) is 20.3. The number of benzene rings is 1. The van der Waals surface area contributed by atoms with Crippen LogP contribution in [-0.4, -0.2) is 57.8 Å². The first-order chi connectivity index (χ1) is 13.2. The van der Waals surface area contributed by atoms with Gasteiger partial charge in [0.05, 0.1) is 0 Å². The number of rotatable bonds is 3. The highest BCUT2D eigenvalue weighted by Gasteiger charge is 2.24. The van der Waals surface area contributed by atoms with E-state index in [4.69, 9.17) is 0 Å². The van der Waals surface area contributed by atoms with Crippen molar-refractivity contribution in [3.05, 3.63) is 47.9 Å². The van der Waals surface area contributed by atoms with Crippen molar-refractivity contribution in [1.82, 2.24) is 19.8 Å². The van der Waals surface area contributed by atoms with E-state index in [-0.39, 0.29) is 17.2 Å². The largest absolute Gasteiger partial charge is 0.340 e. The lowest BCUT2D eigenvalue weighted by atomic mass is 9.87. The van der Waals surface area contributed by atoms with Gasteiger partial charge in [-0.1, -0.05) is 32.9 Å². The van der Waals surface area contributed by atoms with Gasteiger partial charge >= 0.3 is 0 Å². The van der Waals surface area contributed by atoms with E-state index in [1.807, 2.05) is 12.1 Å². The SMILES string of the molecule is CC(=O)N1CCN(C(=O)c2cc(Nc3ccc(C(C)(C)C)cc3)ncn2)CC1. The summed E-state index contributed by atoms with van der Waals surface area (Å²) in [6.45, 7) is 10.2. The number of carbonyl (C=O) groups is 2. The molecule has 28 heavy (non-hydrogen) atoms. The van der Waals surface area contributed by atoms with Crippen molar-refractivity contribution >= 4 is 23.3 Å². The predicted octanol–water partition coefficient (Wildman–Crippen LogP) is 2.82. The second kappa shape index (κ2) is 7.96. The van der Waals surface area contributed by atoms with Crippen LogP contribution in [0.2, 0.25) is 0 Å². The van der Waals surface area contributed by atoms with Crippen LogP contribution in [0.1, 0.15) is 43.7 Å². The highest BCUT2D eigenvalue weighted by atomic mass is 16.2. The van der Waals surface area contributed by atoms with Crippen molar-refractivity contribution in [1.29, 1.82) is 0 Å². The number of anilines is 2. The molecule has 1 fully saturated rings. The molecule has 1 aliphatic heterocycles. The lowest BCUT2D eigenvalue weighted by Gasteiger charge is -2.34. The molecule has 1 aliphatic rings. The summed E-state index contributed by atoms with van der Waals surface area (Å²) in [4.78, 5) is 36.0. The molecular weight excluding hydrogens is 354 g/mol. The van der Waals surface area contributed by atoms with Crippen LogP contribution in [0.15, 0.2) is 36.7 Å². The first-order valence-corrected chi connectivity index (χ1v) is 9.48. The molecule has 0 atom stereocenters. The molecule has 3 rings (SSSR count). The summed E-state index contributed by atoms with van der Waals surface area (Å²) >= 11 is 0. The fourth-order valence-electron chi connectivity index (χ4n) is 3.13. The van der Waals surface area contributed by atoms with Crippen LogP contribution in [0.3, 0.4) is 0 Å². The lowest BCUT2D eigenvalue weighted by Crippen LogP contribution is -2.50. The molecule has 0 radical (unpaired) electrons. The van der Waals surface area contributed by atoms with Gasteiger partial charge in [-0.3, -0.25) is 9.59 Å². The molecule has 1 N–H and O–H groups in total. The van der Waals surface area contributed by atoms with Gasteiger partial charge in [0.2, 0.25) is 5.91 Å². The number of hydrogen-bond donors (Lipinski definition) is 1. The van der Waals surface area contributed by atoms with Crippen molar-refractivity contribution in [2.45, 2.75) is 33.1 Å². The molecule has 0 saturated carbocycles. The Hall–Kier alpha value is -2.96. The molecule has 7 nitrogen and oxygen atoms in total. The molecule has 1 saturated heterocycles. The summed E-state index contributed by atoms with van der Waals surface area (Å²) in [6, 6.07) is 9.85. The molecule has 0 spiro atoms. The molecule has 148 valence electrons. The minimum absolute atomic E-state index is 0.0399. The zero-order valence-corrected chi connectivity index (χ0v) is 16.9. The molecule has 2 aromatic rings. The summed E-state index contributed by atoms with van der Waals surface area (Å²) in [5.74, 6) is 0.471. The Balaban J connectivity index is 1.67. The van der Waals surface area contributed by atoms with Crippen LogP contribution in [0.25, 0.3) is 0 Å². The van der Waals surface area contributed by atoms with Crippen molar-refractivity contribution in [3.63, 3.8) is 0 Å². The minimum Gasteiger partial charge on any atom is -0.340 e. The lowest BCUT2D eigenvalue weighted by molar-refractivity contribution is -0.130. The molecule has 2 heterocycles. The quantitative estimate of drug-likeness (QED) is 0.884. The van der Waals surface area contributed by atoms with Gasteiger partial charge in [0.1, 0.15) is 17.8 Å². The number of piperazine rings is 1. The van der Waals surface area contributed by atoms with Crippen molar-refractivity contribution < 1.29 is 9.59 Å². The van der Waals surface area contributed by atoms with Crippen molar-refractivity contribution in [3.8, 4) is 0 Å². The highest BCUT2D eigenvalue weighted by Crippen LogP contribution is 2.24. The van der Waals surface area contributed by atoms with Crippen molar-refractivity contribution in [2.24, 2.45) is 0 Å². The van der Waals surface area contributed by atoms with E-state index in [0.717, 1.165) is 5.69 Å². The molecule has 1 aromatic heterocycles. The molecule has 0 bridgehead atoms. The fourth-order valence-corrected chi connectivity index (χ4v) is 3.13. The number of hydrogen-bond acceptors (Lipinski definition) is 5. The molecule has 7 heteroatoms. The van der Waals surface area contributed by atoms with Gasteiger partial charge in [0.15, 0.2) is 0 Å². The maximum atomic E-state index is 12.7. The first kappa shape index (κ1) is 19.8. The van der Waals surface area contributed by atoms with E-state index in [1.54, 1.807) is 22.8 Å². The minimum atomic E-state index is -0.142. The Labute approximate surface area is 165 Å². The summed E-state index contributed by atoms with van der Waals surface area (Å²) in [7, 11) is 0. The maximum Gasteiger partial charge on any atom is 0.272 e. The number of nitrogens with one attached hydrogen (secondary N) is 1. The standard InChI is InChI=1S/C21H27N5O2/c1-15(27)25-9-11-26(12-10-25)20(28)18-13-19(23-14-22-18)24-17-7-5-16(6-8-17)21(2,3)4/h5-8,13-14H,9-12H2,1-4H3,(H,22,23,24). The molecular formula is C21H27N5O2. The van der Waals surface area contributed by atoms with E-state index in [0.29, 0.717) is 37.7 Å². The Morgan fingerprint density at radius 3 is 2.14 bits per heavy atom. The Morgan fingerprint density at radius 2 is 1.57 bits per heavy atom. The van der Waals surface area contributed by atoms with Gasteiger partial charge in [0, 0.05) is 44.9 Å². The summed E-state index contributed by atoms with van der Waals surface area (Å²) in [5.41, 5.74) is 2.60. The number of carbonyl (C=O) groups excluding carboxylic acids is 2.